The number of halogens is 2. The molecule has 124 valence electrons. The van der Waals surface area contributed by atoms with E-state index in [0.29, 0.717) is 10.6 Å². The Labute approximate surface area is 159 Å². The highest BCUT2D eigenvalue weighted by Crippen LogP contribution is 2.28. The van der Waals surface area contributed by atoms with E-state index in [4.69, 9.17) is 11.6 Å². The van der Waals surface area contributed by atoms with Crippen molar-refractivity contribution in [1.82, 2.24) is 15.5 Å². The molecular formula is C18H17ClIN3O. The summed E-state index contributed by atoms with van der Waals surface area (Å²) >= 11 is 8.46. The molecule has 1 atom stereocenters. The van der Waals surface area contributed by atoms with Crippen LogP contribution in [0.15, 0.2) is 42.5 Å². The lowest BCUT2D eigenvalue weighted by molar-refractivity contribution is 0.0926. The van der Waals surface area contributed by atoms with Crippen LogP contribution >= 0.6 is 34.2 Å². The van der Waals surface area contributed by atoms with E-state index in [-0.39, 0.29) is 17.9 Å². The summed E-state index contributed by atoms with van der Waals surface area (Å²) in [6, 6.07) is 13.0. The maximum Gasteiger partial charge on any atom is 0.251 e. The van der Waals surface area contributed by atoms with Gasteiger partial charge in [-0.1, -0.05) is 43.6 Å². The van der Waals surface area contributed by atoms with E-state index in [0.717, 1.165) is 20.2 Å². The first-order chi connectivity index (χ1) is 11.5. The van der Waals surface area contributed by atoms with Gasteiger partial charge in [0.25, 0.3) is 5.91 Å². The highest BCUT2D eigenvalue weighted by Gasteiger charge is 2.21. The third kappa shape index (κ3) is 3.42. The minimum atomic E-state index is -0.148. The largest absolute Gasteiger partial charge is 0.345 e. The van der Waals surface area contributed by atoms with Crippen LogP contribution in [0.5, 0.6) is 0 Å². The van der Waals surface area contributed by atoms with Crippen molar-refractivity contribution in [3.05, 3.63) is 62.3 Å². The van der Waals surface area contributed by atoms with Gasteiger partial charge in [0.1, 0.15) is 3.70 Å². The van der Waals surface area contributed by atoms with E-state index in [1.807, 2.05) is 36.4 Å². The van der Waals surface area contributed by atoms with Gasteiger partial charge < -0.3 is 5.32 Å². The van der Waals surface area contributed by atoms with E-state index < -0.39 is 0 Å². The summed E-state index contributed by atoms with van der Waals surface area (Å²) in [6.07, 6.45) is 0. The molecule has 0 bridgehead atoms. The molecule has 0 fully saturated rings. The van der Waals surface area contributed by atoms with Crippen molar-refractivity contribution < 1.29 is 4.79 Å². The third-order valence-corrected chi connectivity index (χ3v) is 5.14. The summed E-state index contributed by atoms with van der Waals surface area (Å²) in [6.45, 7) is 4.13. The number of fused-ring (bicyclic) bond motifs is 1. The number of amides is 1. The van der Waals surface area contributed by atoms with Gasteiger partial charge in [-0.2, -0.15) is 5.10 Å². The number of aromatic amines is 1. The zero-order valence-electron chi connectivity index (χ0n) is 13.3. The molecule has 0 aliphatic carbocycles. The van der Waals surface area contributed by atoms with Crippen molar-refractivity contribution in [2.75, 3.05) is 0 Å². The first kappa shape index (κ1) is 17.2. The topological polar surface area (TPSA) is 57.8 Å². The molecule has 3 aromatic rings. The van der Waals surface area contributed by atoms with Crippen molar-refractivity contribution in [3.8, 4) is 0 Å². The number of nitrogens with one attached hydrogen (secondary N) is 2. The van der Waals surface area contributed by atoms with Crippen LogP contribution in [-0.4, -0.2) is 16.1 Å². The van der Waals surface area contributed by atoms with Gasteiger partial charge in [0.15, 0.2) is 0 Å². The van der Waals surface area contributed by atoms with Gasteiger partial charge >= 0.3 is 0 Å². The van der Waals surface area contributed by atoms with Crippen LogP contribution in [-0.2, 0) is 0 Å². The molecule has 2 N–H and O–H groups in total. The van der Waals surface area contributed by atoms with Crippen LogP contribution in [0.4, 0.5) is 0 Å². The average molecular weight is 454 g/mol. The fraction of sp³-hybridized carbons (Fsp3) is 0.222. The second kappa shape index (κ2) is 7.11. The predicted octanol–water partition coefficient (Wildman–Crippen LogP) is 4.95. The van der Waals surface area contributed by atoms with Crippen LogP contribution in [0, 0.1) is 9.62 Å². The Balaban J connectivity index is 1.90. The Morgan fingerprint density at radius 2 is 2.00 bits per heavy atom. The Bertz CT molecular complexity index is 891. The Kier molecular flexibility index (Phi) is 5.10. The van der Waals surface area contributed by atoms with Crippen molar-refractivity contribution in [3.63, 3.8) is 0 Å². The second-order valence-corrected chi connectivity index (χ2v) is 7.42. The molecule has 1 heterocycles. The lowest BCUT2D eigenvalue weighted by Crippen LogP contribution is -2.31. The van der Waals surface area contributed by atoms with E-state index in [1.54, 1.807) is 6.07 Å². The third-order valence-electron chi connectivity index (χ3n) is 3.97. The number of carbonyl (C=O) groups is 1. The minimum Gasteiger partial charge on any atom is -0.345 e. The number of aromatic nitrogens is 2. The molecule has 6 heteroatoms. The molecule has 0 aliphatic heterocycles. The quantitative estimate of drug-likeness (QED) is 0.549. The number of carbonyl (C=O) groups excluding carboxylic acids is 1. The van der Waals surface area contributed by atoms with E-state index in [2.05, 4.69) is 52.0 Å². The molecule has 0 radical (unpaired) electrons. The number of nitrogens with zero attached hydrogens (tertiary/aromatic N) is 1. The Morgan fingerprint density at radius 1 is 1.25 bits per heavy atom. The standard InChI is InChI=1S/C18H17ClIN3O/c1-10(2)16(12-5-3-4-6-14(12)19)21-18(24)11-7-8-15-13(9-11)17(20)23-22-15/h3-10,16H,1-2H3,(H,21,24)(H,22,23)/t16-/m1/s1. The van der Waals surface area contributed by atoms with Gasteiger partial charge in [0, 0.05) is 16.0 Å². The molecule has 1 aromatic heterocycles. The average Bonchev–Trinajstić information content (AvgIpc) is 2.94. The van der Waals surface area contributed by atoms with Gasteiger partial charge in [0.2, 0.25) is 0 Å². The molecule has 4 nitrogen and oxygen atoms in total. The van der Waals surface area contributed by atoms with Crippen LogP contribution in [0.3, 0.4) is 0 Å². The molecular weight excluding hydrogens is 437 g/mol. The minimum absolute atomic E-state index is 0.118. The fourth-order valence-corrected chi connectivity index (χ4v) is 3.50. The molecule has 0 saturated heterocycles. The number of H-pyrrole nitrogens is 1. The number of hydrogen-bond donors (Lipinski definition) is 2. The van der Waals surface area contributed by atoms with Gasteiger partial charge in [0.05, 0.1) is 11.6 Å². The van der Waals surface area contributed by atoms with Gasteiger partial charge in [-0.3, -0.25) is 9.89 Å². The smallest absolute Gasteiger partial charge is 0.251 e. The second-order valence-electron chi connectivity index (χ2n) is 5.99. The van der Waals surface area contributed by atoms with Crippen LogP contribution in [0.2, 0.25) is 5.02 Å². The summed E-state index contributed by atoms with van der Waals surface area (Å²) in [5, 5.41) is 11.8. The Hall–Kier alpha value is -1.60. The van der Waals surface area contributed by atoms with Crippen molar-refractivity contribution in [1.29, 1.82) is 0 Å². The highest BCUT2D eigenvalue weighted by atomic mass is 127. The van der Waals surface area contributed by atoms with Crippen molar-refractivity contribution in [2.45, 2.75) is 19.9 Å². The monoisotopic (exact) mass is 453 g/mol. The van der Waals surface area contributed by atoms with Crippen LogP contribution < -0.4 is 5.32 Å². The predicted molar refractivity (Wildman–Crippen MR) is 105 cm³/mol. The molecule has 0 unspecified atom stereocenters. The Morgan fingerprint density at radius 3 is 2.71 bits per heavy atom. The summed E-state index contributed by atoms with van der Waals surface area (Å²) in [4.78, 5) is 12.7. The zero-order chi connectivity index (χ0) is 17.3. The molecule has 0 saturated carbocycles. The van der Waals surface area contributed by atoms with E-state index >= 15 is 0 Å². The first-order valence-corrected chi connectivity index (χ1v) is 9.12. The molecule has 2 aromatic carbocycles. The van der Waals surface area contributed by atoms with Crippen LogP contribution in [0.25, 0.3) is 10.9 Å². The number of rotatable bonds is 4. The number of hydrogen-bond acceptors (Lipinski definition) is 2. The van der Waals surface area contributed by atoms with E-state index in [1.165, 1.54) is 0 Å². The normalized spacial score (nSPS) is 12.5. The molecule has 24 heavy (non-hydrogen) atoms. The molecule has 0 aliphatic rings. The van der Waals surface area contributed by atoms with Crippen molar-refractivity contribution >= 4 is 51.0 Å². The lowest BCUT2D eigenvalue weighted by Gasteiger charge is -2.24. The fourth-order valence-electron chi connectivity index (χ4n) is 2.68. The first-order valence-electron chi connectivity index (χ1n) is 7.66. The maximum absolute atomic E-state index is 12.7. The molecule has 0 spiro atoms. The van der Waals surface area contributed by atoms with Crippen LogP contribution in [0.1, 0.15) is 35.8 Å². The zero-order valence-corrected chi connectivity index (χ0v) is 16.2. The van der Waals surface area contributed by atoms with Crippen molar-refractivity contribution in [2.24, 2.45) is 5.92 Å². The summed E-state index contributed by atoms with van der Waals surface area (Å²) < 4.78 is 0.851. The summed E-state index contributed by atoms with van der Waals surface area (Å²) in [5.41, 5.74) is 2.46. The summed E-state index contributed by atoms with van der Waals surface area (Å²) in [5.74, 6) is 0.0964. The lowest BCUT2D eigenvalue weighted by atomic mass is 9.95. The molecule has 1 amide bonds. The summed E-state index contributed by atoms with van der Waals surface area (Å²) in [7, 11) is 0. The molecule has 3 rings (SSSR count). The SMILES string of the molecule is CC(C)[C@@H](NC(=O)c1ccc2[nH]nc(I)c2c1)c1ccccc1Cl. The van der Waals surface area contributed by atoms with E-state index in [9.17, 15) is 4.79 Å². The number of benzene rings is 2. The van der Waals surface area contributed by atoms with Gasteiger partial charge in [-0.25, -0.2) is 0 Å². The van der Waals surface area contributed by atoms with Gasteiger partial charge in [-0.05, 0) is 58.3 Å². The van der Waals surface area contributed by atoms with Gasteiger partial charge in [-0.15, -0.1) is 0 Å². The maximum atomic E-state index is 12.7. The highest BCUT2D eigenvalue weighted by molar-refractivity contribution is 14.1.